The molecule has 0 spiro atoms. The highest BCUT2D eigenvalue weighted by Gasteiger charge is 2.44. The van der Waals surface area contributed by atoms with Crippen molar-refractivity contribution in [2.75, 3.05) is 6.54 Å². The molecule has 1 aliphatic carbocycles. The van der Waals surface area contributed by atoms with Crippen LogP contribution in [0, 0.1) is 28.6 Å². The number of unbranched alkanes of at least 4 members (excludes halogenated alkanes) is 2. The summed E-state index contributed by atoms with van der Waals surface area (Å²) in [5, 5.41) is 11.5. The SMILES string of the molecule is CC1C(N)CCC(C(=O)NCCCCC#N)C1(C)C. The summed E-state index contributed by atoms with van der Waals surface area (Å²) in [6.07, 6.45) is 4.10. The Bertz CT molecular complexity index is 346. The minimum absolute atomic E-state index is 0.0472. The first-order chi connectivity index (χ1) is 8.91. The summed E-state index contributed by atoms with van der Waals surface area (Å²) in [6.45, 7) is 7.12. The second kappa shape index (κ2) is 6.91. The molecule has 0 heterocycles. The molecule has 1 rings (SSSR count). The zero-order valence-corrected chi connectivity index (χ0v) is 12.4. The van der Waals surface area contributed by atoms with E-state index in [0.717, 1.165) is 25.7 Å². The fourth-order valence-corrected chi connectivity index (χ4v) is 2.98. The Labute approximate surface area is 116 Å². The Kier molecular flexibility index (Phi) is 5.81. The fourth-order valence-electron chi connectivity index (χ4n) is 2.98. The lowest BCUT2D eigenvalue weighted by Crippen LogP contribution is -2.51. The molecule has 0 aromatic carbocycles. The lowest BCUT2D eigenvalue weighted by atomic mass is 9.61. The summed E-state index contributed by atoms with van der Waals surface area (Å²) in [4.78, 5) is 12.3. The standard InChI is InChI=1S/C15H27N3O/c1-11-13(17)8-7-12(15(11,2)3)14(19)18-10-6-4-5-9-16/h11-13H,4-8,10,17H2,1-3H3,(H,18,19). The zero-order chi connectivity index (χ0) is 14.5. The van der Waals surface area contributed by atoms with E-state index < -0.39 is 0 Å². The molecule has 3 unspecified atom stereocenters. The average Bonchev–Trinajstić information content (AvgIpc) is 2.35. The van der Waals surface area contributed by atoms with E-state index in [-0.39, 0.29) is 23.3 Å². The maximum Gasteiger partial charge on any atom is 0.223 e. The van der Waals surface area contributed by atoms with E-state index in [4.69, 9.17) is 11.0 Å². The number of rotatable bonds is 5. The van der Waals surface area contributed by atoms with Gasteiger partial charge < -0.3 is 11.1 Å². The van der Waals surface area contributed by atoms with Crippen LogP contribution >= 0.6 is 0 Å². The fraction of sp³-hybridized carbons (Fsp3) is 0.867. The van der Waals surface area contributed by atoms with Crippen molar-refractivity contribution >= 4 is 5.91 Å². The van der Waals surface area contributed by atoms with E-state index in [1.165, 1.54) is 0 Å². The van der Waals surface area contributed by atoms with Gasteiger partial charge in [0, 0.05) is 24.9 Å². The third-order valence-electron chi connectivity index (χ3n) is 4.83. The quantitative estimate of drug-likeness (QED) is 0.748. The normalized spacial score (nSPS) is 29.5. The van der Waals surface area contributed by atoms with E-state index in [0.29, 0.717) is 18.9 Å². The number of amides is 1. The second-order valence-corrected chi connectivity index (χ2v) is 6.31. The summed E-state index contributed by atoms with van der Waals surface area (Å²) in [5.41, 5.74) is 6.06. The summed E-state index contributed by atoms with van der Waals surface area (Å²) < 4.78 is 0. The number of nitrogens with one attached hydrogen (secondary N) is 1. The lowest BCUT2D eigenvalue weighted by Gasteiger charge is -2.46. The maximum atomic E-state index is 12.3. The van der Waals surface area contributed by atoms with Crippen molar-refractivity contribution in [2.24, 2.45) is 23.0 Å². The van der Waals surface area contributed by atoms with Crippen molar-refractivity contribution in [1.29, 1.82) is 5.26 Å². The maximum absolute atomic E-state index is 12.3. The highest BCUT2D eigenvalue weighted by Crippen LogP contribution is 2.44. The van der Waals surface area contributed by atoms with Gasteiger partial charge in [-0.1, -0.05) is 20.8 Å². The largest absolute Gasteiger partial charge is 0.356 e. The summed E-state index contributed by atoms with van der Waals surface area (Å²) in [7, 11) is 0. The smallest absolute Gasteiger partial charge is 0.223 e. The van der Waals surface area contributed by atoms with Crippen LogP contribution in [0.15, 0.2) is 0 Å². The minimum atomic E-state index is -0.0472. The highest BCUT2D eigenvalue weighted by atomic mass is 16.1. The van der Waals surface area contributed by atoms with E-state index in [1.807, 2.05) is 0 Å². The Balaban J connectivity index is 2.46. The molecule has 1 amide bonds. The molecule has 3 N–H and O–H groups in total. The molecule has 0 bridgehead atoms. The van der Waals surface area contributed by atoms with E-state index >= 15 is 0 Å². The summed E-state index contributed by atoms with van der Waals surface area (Å²) in [6, 6.07) is 2.32. The highest BCUT2D eigenvalue weighted by molar-refractivity contribution is 5.79. The number of hydrogen-bond donors (Lipinski definition) is 2. The molecule has 1 aliphatic rings. The van der Waals surface area contributed by atoms with Crippen LogP contribution in [0.3, 0.4) is 0 Å². The number of hydrogen-bond acceptors (Lipinski definition) is 3. The van der Waals surface area contributed by atoms with Gasteiger partial charge in [0.05, 0.1) is 6.07 Å². The molecule has 0 aliphatic heterocycles. The summed E-state index contributed by atoms with van der Waals surface area (Å²) in [5.74, 6) is 0.564. The molecule has 0 saturated heterocycles. The average molecular weight is 265 g/mol. The monoisotopic (exact) mass is 265 g/mol. The number of nitrogens with two attached hydrogens (primary N) is 1. The van der Waals surface area contributed by atoms with Crippen LogP contribution in [0.4, 0.5) is 0 Å². The predicted molar refractivity (Wildman–Crippen MR) is 76.1 cm³/mol. The van der Waals surface area contributed by atoms with Crippen molar-refractivity contribution in [2.45, 2.75) is 58.9 Å². The Morgan fingerprint density at radius 3 is 2.74 bits per heavy atom. The first kappa shape index (κ1) is 16.0. The topological polar surface area (TPSA) is 78.9 Å². The number of nitriles is 1. The molecule has 19 heavy (non-hydrogen) atoms. The van der Waals surface area contributed by atoms with Gasteiger partial charge in [0.15, 0.2) is 0 Å². The van der Waals surface area contributed by atoms with E-state index in [1.54, 1.807) is 0 Å². The van der Waals surface area contributed by atoms with Gasteiger partial charge in [0.1, 0.15) is 0 Å². The number of nitrogens with zero attached hydrogens (tertiary/aromatic N) is 1. The lowest BCUT2D eigenvalue weighted by molar-refractivity contribution is -0.132. The van der Waals surface area contributed by atoms with Crippen LogP contribution in [0.1, 0.15) is 52.9 Å². The third-order valence-corrected chi connectivity index (χ3v) is 4.83. The van der Waals surface area contributed by atoms with Gasteiger partial charge in [-0.15, -0.1) is 0 Å². The van der Waals surface area contributed by atoms with Gasteiger partial charge >= 0.3 is 0 Å². The Morgan fingerprint density at radius 2 is 2.11 bits per heavy atom. The van der Waals surface area contributed by atoms with Crippen molar-refractivity contribution in [3.8, 4) is 6.07 Å². The van der Waals surface area contributed by atoms with Crippen LogP contribution in [0.2, 0.25) is 0 Å². The molecular formula is C15H27N3O. The molecule has 0 aromatic rings. The minimum Gasteiger partial charge on any atom is -0.356 e. The van der Waals surface area contributed by atoms with E-state index in [2.05, 4.69) is 32.2 Å². The molecule has 3 atom stereocenters. The Hall–Kier alpha value is -1.08. The van der Waals surface area contributed by atoms with Crippen molar-refractivity contribution in [1.82, 2.24) is 5.32 Å². The number of carbonyl (C=O) groups excluding carboxylic acids is 1. The van der Waals surface area contributed by atoms with Crippen LogP contribution in [0.5, 0.6) is 0 Å². The predicted octanol–water partition coefficient (Wildman–Crippen LogP) is 2.20. The molecule has 0 radical (unpaired) electrons. The first-order valence-electron chi connectivity index (χ1n) is 7.31. The van der Waals surface area contributed by atoms with Crippen LogP contribution < -0.4 is 11.1 Å². The molecule has 108 valence electrons. The van der Waals surface area contributed by atoms with Crippen LogP contribution in [-0.2, 0) is 4.79 Å². The first-order valence-corrected chi connectivity index (χ1v) is 7.31. The van der Waals surface area contributed by atoms with Crippen molar-refractivity contribution < 1.29 is 4.79 Å². The van der Waals surface area contributed by atoms with Gasteiger partial charge in [0.25, 0.3) is 0 Å². The third kappa shape index (κ3) is 3.94. The molecule has 1 fully saturated rings. The van der Waals surface area contributed by atoms with Gasteiger partial charge in [-0.3, -0.25) is 4.79 Å². The molecular weight excluding hydrogens is 238 g/mol. The van der Waals surface area contributed by atoms with Gasteiger partial charge in [0.2, 0.25) is 5.91 Å². The molecule has 0 aromatic heterocycles. The van der Waals surface area contributed by atoms with Gasteiger partial charge in [-0.2, -0.15) is 5.26 Å². The molecule has 4 nitrogen and oxygen atoms in total. The van der Waals surface area contributed by atoms with Crippen molar-refractivity contribution in [3.63, 3.8) is 0 Å². The van der Waals surface area contributed by atoms with Gasteiger partial charge in [-0.25, -0.2) is 0 Å². The van der Waals surface area contributed by atoms with Crippen LogP contribution in [-0.4, -0.2) is 18.5 Å². The van der Waals surface area contributed by atoms with E-state index in [9.17, 15) is 4.79 Å². The second-order valence-electron chi connectivity index (χ2n) is 6.31. The number of carbonyl (C=O) groups is 1. The van der Waals surface area contributed by atoms with Crippen LogP contribution in [0.25, 0.3) is 0 Å². The molecule has 4 heteroatoms. The van der Waals surface area contributed by atoms with Crippen molar-refractivity contribution in [3.05, 3.63) is 0 Å². The Morgan fingerprint density at radius 1 is 1.42 bits per heavy atom. The zero-order valence-electron chi connectivity index (χ0n) is 12.4. The summed E-state index contributed by atoms with van der Waals surface area (Å²) >= 11 is 0. The van der Waals surface area contributed by atoms with Gasteiger partial charge in [-0.05, 0) is 37.0 Å². The molecule has 1 saturated carbocycles.